The maximum Gasteiger partial charge on any atom is 0.0154 e. The van der Waals surface area contributed by atoms with Crippen molar-refractivity contribution in [2.45, 2.75) is 0 Å². The van der Waals surface area contributed by atoms with Crippen molar-refractivity contribution in [1.82, 2.24) is 10.2 Å². The van der Waals surface area contributed by atoms with Gasteiger partial charge in [0, 0.05) is 19.6 Å². The Morgan fingerprint density at radius 1 is 0.933 bits per heavy atom. The van der Waals surface area contributed by atoms with Gasteiger partial charge in [0.2, 0.25) is 0 Å². The minimum absolute atomic E-state index is 0. The predicted octanol–water partition coefficient (Wildman–Crippen LogP) is 2.53. The van der Waals surface area contributed by atoms with Gasteiger partial charge in [-0.25, -0.2) is 0 Å². The lowest BCUT2D eigenvalue weighted by atomic mass is 10.5. The Labute approximate surface area is 107 Å². The minimum atomic E-state index is 0. The molecule has 2 nitrogen and oxygen atoms in total. The number of hydrogen-bond acceptors (Lipinski definition) is 2. The SMILES string of the molecule is C=CCN(C)C.C=CCNCC=C.Cl.Cl. The summed E-state index contributed by atoms with van der Waals surface area (Å²) in [6.45, 7) is 13.3. The van der Waals surface area contributed by atoms with Gasteiger partial charge >= 0.3 is 0 Å². The molecular weight excluding hydrogens is 231 g/mol. The second-order valence-corrected chi connectivity index (χ2v) is 2.79. The van der Waals surface area contributed by atoms with E-state index in [1.54, 1.807) is 0 Å². The van der Waals surface area contributed by atoms with Crippen LogP contribution in [0.2, 0.25) is 0 Å². The first-order valence-corrected chi connectivity index (χ1v) is 4.37. The highest BCUT2D eigenvalue weighted by Gasteiger charge is 1.75. The van der Waals surface area contributed by atoms with Crippen LogP contribution in [0, 0.1) is 0 Å². The fourth-order valence-electron chi connectivity index (χ4n) is 0.546. The van der Waals surface area contributed by atoms with Gasteiger partial charge in [0.25, 0.3) is 0 Å². The Balaban J connectivity index is -0.0000000718. The zero-order chi connectivity index (χ0) is 10.5. The molecule has 1 N–H and O–H groups in total. The molecule has 0 atom stereocenters. The van der Waals surface area contributed by atoms with Crippen LogP contribution in [0.25, 0.3) is 0 Å². The number of halogens is 2. The Morgan fingerprint density at radius 2 is 1.33 bits per heavy atom. The van der Waals surface area contributed by atoms with Crippen LogP contribution in [0.3, 0.4) is 0 Å². The first kappa shape index (κ1) is 24.1. The van der Waals surface area contributed by atoms with Crippen molar-refractivity contribution in [2.24, 2.45) is 0 Å². The van der Waals surface area contributed by atoms with Crippen LogP contribution in [-0.2, 0) is 0 Å². The average Bonchev–Trinajstić information content (AvgIpc) is 2.06. The number of nitrogens with one attached hydrogen (secondary N) is 1. The first-order chi connectivity index (χ1) is 6.18. The van der Waals surface area contributed by atoms with E-state index in [1.165, 1.54) is 0 Å². The van der Waals surface area contributed by atoms with Gasteiger partial charge in [0.15, 0.2) is 0 Å². The Kier molecular flexibility index (Phi) is 37.8. The standard InChI is InChI=1S/C6H11N.C5H11N.2ClH/c1-3-5-7-6-4-2;1-4-5-6(2)3;;/h3-4,7H,1-2,5-6H2;4H,1,5H2,2-3H3;2*1H. The molecule has 0 radical (unpaired) electrons. The quantitative estimate of drug-likeness (QED) is 0.579. The van der Waals surface area contributed by atoms with Gasteiger partial charge in [-0.05, 0) is 14.1 Å². The summed E-state index contributed by atoms with van der Waals surface area (Å²) in [5.41, 5.74) is 0. The second-order valence-electron chi connectivity index (χ2n) is 2.79. The smallest absolute Gasteiger partial charge is 0.0154 e. The molecule has 0 aromatic heterocycles. The fourth-order valence-corrected chi connectivity index (χ4v) is 0.546. The molecule has 4 heteroatoms. The normalized spacial score (nSPS) is 7.40. The van der Waals surface area contributed by atoms with Crippen LogP contribution in [0.1, 0.15) is 0 Å². The van der Waals surface area contributed by atoms with Crippen molar-refractivity contribution in [3.8, 4) is 0 Å². The van der Waals surface area contributed by atoms with Crippen molar-refractivity contribution >= 4 is 24.8 Å². The zero-order valence-electron chi connectivity index (χ0n) is 9.74. The van der Waals surface area contributed by atoms with E-state index in [9.17, 15) is 0 Å². The predicted molar refractivity (Wildman–Crippen MR) is 76.5 cm³/mol. The van der Waals surface area contributed by atoms with Gasteiger partial charge in [-0.1, -0.05) is 18.2 Å². The summed E-state index contributed by atoms with van der Waals surface area (Å²) < 4.78 is 0. The number of rotatable bonds is 6. The zero-order valence-corrected chi connectivity index (χ0v) is 11.4. The lowest BCUT2D eigenvalue weighted by Crippen LogP contribution is -2.11. The molecule has 92 valence electrons. The Hall–Kier alpha value is -0.280. The van der Waals surface area contributed by atoms with E-state index in [1.807, 2.05) is 32.3 Å². The van der Waals surface area contributed by atoms with Crippen molar-refractivity contribution in [2.75, 3.05) is 33.7 Å². The summed E-state index contributed by atoms with van der Waals surface area (Å²) in [5.74, 6) is 0. The lowest BCUT2D eigenvalue weighted by Gasteiger charge is -2.01. The molecule has 0 unspecified atom stereocenters. The molecule has 15 heavy (non-hydrogen) atoms. The Bertz CT molecular complexity index is 129. The molecular formula is C11H24Cl2N2. The Morgan fingerprint density at radius 3 is 1.47 bits per heavy atom. The summed E-state index contributed by atoms with van der Waals surface area (Å²) in [4.78, 5) is 2.06. The van der Waals surface area contributed by atoms with Crippen LogP contribution in [0.5, 0.6) is 0 Å². The van der Waals surface area contributed by atoms with E-state index in [2.05, 4.69) is 30.0 Å². The van der Waals surface area contributed by atoms with Gasteiger partial charge in [-0.2, -0.15) is 0 Å². The molecule has 0 spiro atoms. The topological polar surface area (TPSA) is 15.3 Å². The third-order valence-electron chi connectivity index (χ3n) is 1.07. The van der Waals surface area contributed by atoms with Crippen molar-refractivity contribution in [1.29, 1.82) is 0 Å². The van der Waals surface area contributed by atoms with Crippen LogP contribution >= 0.6 is 24.8 Å². The van der Waals surface area contributed by atoms with Gasteiger partial charge in [0.1, 0.15) is 0 Å². The maximum absolute atomic E-state index is 3.56. The van der Waals surface area contributed by atoms with Gasteiger partial charge in [-0.15, -0.1) is 44.6 Å². The van der Waals surface area contributed by atoms with Gasteiger partial charge in [0.05, 0.1) is 0 Å². The molecule has 0 heterocycles. The summed E-state index contributed by atoms with van der Waals surface area (Å²) >= 11 is 0. The largest absolute Gasteiger partial charge is 0.310 e. The van der Waals surface area contributed by atoms with E-state index in [0.717, 1.165) is 19.6 Å². The van der Waals surface area contributed by atoms with E-state index in [-0.39, 0.29) is 24.8 Å². The van der Waals surface area contributed by atoms with Gasteiger partial charge < -0.3 is 10.2 Å². The summed E-state index contributed by atoms with van der Waals surface area (Å²) in [6, 6.07) is 0. The average molecular weight is 255 g/mol. The van der Waals surface area contributed by atoms with E-state index in [4.69, 9.17) is 0 Å². The van der Waals surface area contributed by atoms with Crippen LogP contribution in [0.4, 0.5) is 0 Å². The number of hydrogen-bond donors (Lipinski definition) is 1. The van der Waals surface area contributed by atoms with Crippen LogP contribution < -0.4 is 5.32 Å². The van der Waals surface area contributed by atoms with Crippen LogP contribution in [0.15, 0.2) is 38.0 Å². The fraction of sp³-hybridized carbons (Fsp3) is 0.455. The molecule has 0 saturated carbocycles. The second kappa shape index (κ2) is 23.5. The van der Waals surface area contributed by atoms with E-state index < -0.39 is 0 Å². The van der Waals surface area contributed by atoms with E-state index in [0.29, 0.717) is 0 Å². The molecule has 0 rings (SSSR count). The number of nitrogens with zero attached hydrogens (tertiary/aromatic N) is 1. The molecule has 0 aliphatic rings. The molecule has 0 aliphatic heterocycles. The summed E-state index contributed by atoms with van der Waals surface area (Å²) in [6.07, 6.45) is 5.52. The van der Waals surface area contributed by atoms with Crippen molar-refractivity contribution < 1.29 is 0 Å². The maximum atomic E-state index is 3.56. The molecule has 0 aromatic rings. The molecule has 0 saturated heterocycles. The highest BCUT2D eigenvalue weighted by atomic mass is 35.5. The number of likely N-dealkylation sites (N-methyl/N-ethyl adjacent to an activating group) is 1. The highest BCUT2D eigenvalue weighted by molar-refractivity contribution is 5.85. The summed E-state index contributed by atoms with van der Waals surface area (Å²) in [5, 5.41) is 3.05. The molecule has 0 aliphatic carbocycles. The third kappa shape index (κ3) is 41.7. The first-order valence-electron chi connectivity index (χ1n) is 4.37. The lowest BCUT2D eigenvalue weighted by molar-refractivity contribution is 0.457. The molecule has 0 aromatic carbocycles. The molecule has 0 amide bonds. The van der Waals surface area contributed by atoms with Crippen LogP contribution in [-0.4, -0.2) is 38.6 Å². The van der Waals surface area contributed by atoms with Crippen molar-refractivity contribution in [3.05, 3.63) is 38.0 Å². The van der Waals surface area contributed by atoms with Crippen molar-refractivity contribution in [3.63, 3.8) is 0 Å². The molecule has 0 fully saturated rings. The van der Waals surface area contributed by atoms with E-state index >= 15 is 0 Å². The monoisotopic (exact) mass is 254 g/mol. The minimum Gasteiger partial charge on any atom is -0.310 e. The molecule has 0 bridgehead atoms. The summed E-state index contributed by atoms with van der Waals surface area (Å²) in [7, 11) is 4.03. The third-order valence-corrected chi connectivity index (χ3v) is 1.07. The highest BCUT2D eigenvalue weighted by Crippen LogP contribution is 1.69. The van der Waals surface area contributed by atoms with Gasteiger partial charge in [-0.3, -0.25) is 0 Å².